The van der Waals surface area contributed by atoms with Crippen LogP contribution in [0, 0.1) is 0 Å². The SMILES string of the molecule is [2H]c1c([2H])c([2H])c(-c2ncnc(-c3c([2H])c([2H])c([2H])c4oc5c([2H])c(-n6c7cc8ccccc8cc7c7ccc8ccccc8c76)c([2H])c([2H])c5c34)n2)c([2H])c1[2H]. The molecule has 0 fully saturated rings. The average molecular weight is 600 g/mol. The molecule has 0 atom stereocenters. The summed E-state index contributed by atoms with van der Waals surface area (Å²) >= 11 is 0. The topological polar surface area (TPSA) is 56.7 Å². The van der Waals surface area contributed by atoms with Crippen LogP contribution in [0.1, 0.15) is 15.1 Å². The molecule has 0 aliphatic rings. The minimum absolute atomic E-state index is 0.0496. The van der Waals surface area contributed by atoms with Crippen LogP contribution in [0.3, 0.4) is 0 Å². The van der Waals surface area contributed by atoms with Gasteiger partial charge in [-0.3, -0.25) is 0 Å². The van der Waals surface area contributed by atoms with Crippen LogP contribution in [0.25, 0.3) is 93.8 Å². The smallest absolute Gasteiger partial charge is 0.164 e. The molecule has 0 saturated carbocycles. The van der Waals surface area contributed by atoms with Gasteiger partial charge in [-0.15, -0.1) is 0 Å². The summed E-state index contributed by atoms with van der Waals surface area (Å²) in [5.41, 5.74) is 0.615. The summed E-state index contributed by atoms with van der Waals surface area (Å²) in [6.07, 6.45) is 1.03. The summed E-state index contributed by atoms with van der Waals surface area (Å²) in [5.74, 6) is -0.569. The van der Waals surface area contributed by atoms with E-state index in [9.17, 15) is 4.11 Å². The van der Waals surface area contributed by atoms with Crippen molar-refractivity contribution in [2.24, 2.45) is 0 Å². The van der Waals surface area contributed by atoms with Gasteiger partial charge >= 0.3 is 0 Å². The standard InChI is InChI=1S/C41H24N4O/c1-2-10-26(11-3-1)40-42-24-43-41(44-40)33-15-8-16-36-38(33)32-20-18-29(23-37(32)46-36)45-35-22-28-13-5-4-12-27(28)21-34(35)31-19-17-25-9-6-7-14-30(25)39(31)45/h1-24H/i1D,2D,3D,8D,10D,11D,15D,16D,18D,20D,23D. The Morgan fingerprint density at radius 3 is 2.30 bits per heavy atom. The second-order valence-electron chi connectivity index (χ2n) is 10.9. The van der Waals surface area contributed by atoms with Crippen LogP contribution in [0.15, 0.2) is 150 Å². The van der Waals surface area contributed by atoms with Crippen molar-refractivity contribution in [2.45, 2.75) is 0 Å². The Labute approximate surface area is 278 Å². The molecule has 7 aromatic carbocycles. The van der Waals surface area contributed by atoms with Gasteiger partial charge in [0.2, 0.25) is 0 Å². The highest BCUT2D eigenvalue weighted by Gasteiger charge is 2.19. The molecule has 46 heavy (non-hydrogen) atoms. The molecule has 3 aromatic heterocycles. The fraction of sp³-hybridized carbons (Fsp3) is 0. The summed E-state index contributed by atoms with van der Waals surface area (Å²) in [6.45, 7) is 0. The number of fused-ring (bicyclic) bond motifs is 9. The normalized spacial score (nSPS) is 15.3. The number of hydrogen-bond acceptors (Lipinski definition) is 4. The molecular formula is C41H24N4O. The Balaban J connectivity index is 1.32. The van der Waals surface area contributed by atoms with Crippen LogP contribution in [-0.4, -0.2) is 19.5 Å². The molecule has 5 heteroatoms. The second kappa shape index (κ2) is 9.58. The Kier molecular flexibility index (Phi) is 3.47. The molecule has 0 N–H and O–H groups in total. The lowest BCUT2D eigenvalue weighted by Crippen LogP contribution is -1.95. The Morgan fingerprint density at radius 1 is 0.609 bits per heavy atom. The highest BCUT2D eigenvalue weighted by Crippen LogP contribution is 2.41. The van der Waals surface area contributed by atoms with Crippen molar-refractivity contribution in [3.05, 3.63) is 146 Å². The maximum atomic E-state index is 9.70. The van der Waals surface area contributed by atoms with Gasteiger partial charge in [-0.2, -0.15) is 0 Å². The Morgan fingerprint density at radius 2 is 1.41 bits per heavy atom. The molecule has 0 unspecified atom stereocenters. The third-order valence-electron chi connectivity index (χ3n) is 8.32. The van der Waals surface area contributed by atoms with Crippen molar-refractivity contribution in [3.63, 3.8) is 0 Å². The van der Waals surface area contributed by atoms with Crippen LogP contribution in [0.4, 0.5) is 0 Å². The van der Waals surface area contributed by atoms with Crippen LogP contribution < -0.4 is 0 Å². The van der Waals surface area contributed by atoms with Gasteiger partial charge in [0.15, 0.2) is 11.6 Å². The number of nitrogens with zero attached hydrogens (tertiary/aromatic N) is 4. The molecule has 0 aliphatic heterocycles. The van der Waals surface area contributed by atoms with Crippen LogP contribution in [-0.2, 0) is 0 Å². The van der Waals surface area contributed by atoms with Crippen molar-refractivity contribution in [1.29, 1.82) is 0 Å². The van der Waals surface area contributed by atoms with Crippen molar-refractivity contribution in [1.82, 2.24) is 19.5 Å². The van der Waals surface area contributed by atoms with Crippen molar-refractivity contribution >= 4 is 65.3 Å². The van der Waals surface area contributed by atoms with Crippen molar-refractivity contribution in [3.8, 4) is 28.5 Å². The number of rotatable bonds is 3. The summed E-state index contributed by atoms with van der Waals surface area (Å²) in [6, 6.07) is 18.3. The first kappa shape index (κ1) is 16.7. The number of hydrogen-bond donors (Lipinski definition) is 0. The highest BCUT2D eigenvalue weighted by atomic mass is 16.3. The van der Waals surface area contributed by atoms with E-state index in [1.54, 1.807) is 0 Å². The molecule has 0 spiro atoms. The van der Waals surface area contributed by atoms with Crippen molar-refractivity contribution in [2.75, 3.05) is 0 Å². The van der Waals surface area contributed by atoms with E-state index >= 15 is 0 Å². The van der Waals surface area contributed by atoms with Crippen molar-refractivity contribution < 1.29 is 19.5 Å². The molecule has 0 bridgehead atoms. The summed E-state index contributed by atoms with van der Waals surface area (Å²) in [5, 5.41) is 5.37. The lowest BCUT2D eigenvalue weighted by Gasteiger charge is -2.10. The molecule has 3 heterocycles. The van der Waals surface area contributed by atoms with Gasteiger partial charge in [-0.25, -0.2) is 15.0 Å². The third kappa shape index (κ3) is 3.66. The van der Waals surface area contributed by atoms with E-state index in [0.717, 1.165) is 44.2 Å². The zero-order chi connectivity index (χ0) is 39.8. The summed E-state index contributed by atoms with van der Waals surface area (Å²) < 4.78 is 105. The summed E-state index contributed by atoms with van der Waals surface area (Å²) in [7, 11) is 0. The van der Waals surface area contributed by atoms with E-state index in [1.165, 1.54) is 0 Å². The van der Waals surface area contributed by atoms with Gasteiger partial charge in [0.1, 0.15) is 17.5 Å². The highest BCUT2D eigenvalue weighted by molar-refractivity contribution is 6.21. The number of furan rings is 1. The van der Waals surface area contributed by atoms with Crippen LogP contribution in [0.5, 0.6) is 0 Å². The molecule has 10 rings (SSSR count). The average Bonchev–Trinajstić information content (AvgIpc) is 3.77. The van der Waals surface area contributed by atoms with E-state index in [4.69, 9.17) is 15.4 Å². The van der Waals surface area contributed by atoms with E-state index in [-0.39, 0.29) is 68.5 Å². The molecule has 0 saturated heterocycles. The van der Waals surface area contributed by atoms with Crippen LogP contribution >= 0.6 is 0 Å². The first-order valence-electron chi connectivity index (χ1n) is 20.0. The second-order valence-corrected chi connectivity index (χ2v) is 10.9. The largest absolute Gasteiger partial charge is 0.456 e. The lowest BCUT2D eigenvalue weighted by atomic mass is 10.0. The molecule has 10 aromatic rings. The Bertz CT molecular complexity index is 3420. The number of benzene rings is 7. The minimum Gasteiger partial charge on any atom is -0.456 e. The quantitative estimate of drug-likeness (QED) is 0.203. The maximum Gasteiger partial charge on any atom is 0.164 e. The molecule has 214 valence electrons. The van der Waals surface area contributed by atoms with Gasteiger partial charge in [0.25, 0.3) is 0 Å². The molecule has 0 amide bonds. The zero-order valence-corrected chi connectivity index (χ0v) is 23.7. The maximum absolute atomic E-state index is 9.70. The van der Waals surface area contributed by atoms with Gasteiger partial charge in [0.05, 0.1) is 26.1 Å². The van der Waals surface area contributed by atoms with E-state index in [0.29, 0.717) is 5.52 Å². The fourth-order valence-corrected chi connectivity index (χ4v) is 6.31. The third-order valence-corrected chi connectivity index (χ3v) is 8.32. The molecule has 5 nitrogen and oxygen atoms in total. The minimum atomic E-state index is -0.602. The molecule has 0 radical (unpaired) electrons. The zero-order valence-electron chi connectivity index (χ0n) is 34.7. The predicted octanol–water partition coefficient (Wildman–Crippen LogP) is 10.5. The van der Waals surface area contributed by atoms with Gasteiger partial charge < -0.3 is 8.98 Å². The van der Waals surface area contributed by atoms with Crippen LogP contribution in [0.2, 0.25) is 0 Å². The number of aromatic nitrogens is 4. The predicted molar refractivity (Wildman–Crippen MR) is 187 cm³/mol. The lowest BCUT2D eigenvalue weighted by molar-refractivity contribution is 0.668. The van der Waals surface area contributed by atoms with Gasteiger partial charge in [0, 0.05) is 49.8 Å². The van der Waals surface area contributed by atoms with E-state index in [1.807, 2.05) is 71.3 Å². The van der Waals surface area contributed by atoms with Gasteiger partial charge in [-0.05, 0) is 46.4 Å². The fourth-order valence-electron chi connectivity index (χ4n) is 6.31. The van der Waals surface area contributed by atoms with E-state index < -0.39 is 48.3 Å². The monoisotopic (exact) mass is 599 g/mol. The van der Waals surface area contributed by atoms with E-state index in [2.05, 4.69) is 21.0 Å². The molecule has 0 aliphatic carbocycles. The summed E-state index contributed by atoms with van der Waals surface area (Å²) in [4.78, 5) is 12.7. The first-order chi connectivity index (χ1) is 27.4. The Hall–Kier alpha value is -6.33. The van der Waals surface area contributed by atoms with Gasteiger partial charge in [-0.1, -0.05) is 103 Å². The molecular weight excluding hydrogens is 564 g/mol. The first-order valence-corrected chi connectivity index (χ1v) is 14.5.